The number of pyridine rings is 1. The van der Waals surface area contributed by atoms with Crippen LogP contribution in [0, 0.1) is 13.8 Å². The van der Waals surface area contributed by atoms with Gasteiger partial charge in [-0.3, -0.25) is 9.59 Å². The maximum atomic E-state index is 13.0. The summed E-state index contributed by atoms with van der Waals surface area (Å²) in [5, 5.41) is 6.39. The fourth-order valence-corrected chi connectivity index (χ4v) is 3.90. The number of aromatic nitrogens is 1. The van der Waals surface area contributed by atoms with E-state index in [9.17, 15) is 9.59 Å². The number of nitrogens with one attached hydrogen (secondary N) is 3. The van der Waals surface area contributed by atoms with Gasteiger partial charge < -0.3 is 15.6 Å². The van der Waals surface area contributed by atoms with E-state index in [1.54, 1.807) is 6.08 Å². The SMILES string of the molecule is C=C(NC1CCCCC1)/C(C)=C(\C=C(/C)Br)C(=O)NCc1c(C)cc(C)[nH]c1=O. The Morgan fingerprint density at radius 2 is 1.93 bits per heavy atom. The Balaban J connectivity index is 2.18. The summed E-state index contributed by atoms with van der Waals surface area (Å²) >= 11 is 3.43. The fraction of sp³-hybridized carbons (Fsp3) is 0.478. The molecule has 5 nitrogen and oxygen atoms in total. The molecular weight excluding hydrogens is 430 g/mol. The average Bonchev–Trinajstić information content (AvgIpc) is 2.65. The third kappa shape index (κ3) is 6.74. The van der Waals surface area contributed by atoms with Crippen molar-refractivity contribution >= 4 is 21.8 Å². The number of carbonyl (C=O) groups is 1. The monoisotopic (exact) mass is 461 g/mol. The maximum absolute atomic E-state index is 13.0. The van der Waals surface area contributed by atoms with Gasteiger partial charge in [0.05, 0.1) is 0 Å². The molecule has 0 bridgehead atoms. The Kier molecular flexibility index (Phi) is 8.50. The molecule has 1 amide bonds. The van der Waals surface area contributed by atoms with Crippen LogP contribution in [-0.2, 0) is 11.3 Å². The lowest BCUT2D eigenvalue weighted by Crippen LogP contribution is -2.32. The van der Waals surface area contributed by atoms with Crippen molar-refractivity contribution in [1.82, 2.24) is 15.6 Å². The summed E-state index contributed by atoms with van der Waals surface area (Å²) in [5.41, 5.74) is 4.19. The molecule has 0 unspecified atom stereocenters. The Morgan fingerprint density at radius 3 is 2.52 bits per heavy atom. The highest BCUT2D eigenvalue weighted by molar-refractivity contribution is 9.11. The first-order chi connectivity index (χ1) is 13.7. The summed E-state index contributed by atoms with van der Waals surface area (Å²) in [6.07, 6.45) is 7.81. The highest BCUT2D eigenvalue weighted by Gasteiger charge is 2.18. The first kappa shape index (κ1) is 23.2. The van der Waals surface area contributed by atoms with Crippen LogP contribution in [0.15, 0.2) is 44.8 Å². The minimum absolute atomic E-state index is 0.166. The second-order valence-electron chi connectivity index (χ2n) is 7.85. The molecule has 158 valence electrons. The van der Waals surface area contributed by atoms with Crippen molar-refractivity contribution in [2.75, 3.05) is 0 Å². The Bertz CT molecular complexity index is 886. The summed E-state index contributed by atoms with van der Waals surface area (Å²) in [6, 6.07) is 2.32. The molecule has 0 radical (unpaired) electrons. The van der Waals surface area contributed by atoms with E-state index in [0.29, 0.717) is 17.2 Å². The topological polar surface area (TPSA) is 74.0 Å². The number of aromatic amines is 1. The van der Waals surface area contributed by atoms with Crippen molar-refractivity contribution in [2.45, 2.75) is 72.4 Å². The van der Waals surface area contributed by atoms with Crippen LogP contribution in [0.2, 0.25) is 0 Å². The van der Waals surface area contributed by atoms with Crippen LogP contribution in [0.1, 0.15) is 62.8 Å². The van der Waals surface area contributed by atoms with Crippen LogP contribution in [0.25, 0.3) is 0 Å². The number of H-pyrrole nitrogens is 1. The number of rotatable bonds is 7. The molecule has 0 aromatic carbocycles. The third-order valence-electron chi connectivity index (χ3n) is 5.35. The van der Waals surface area contributed by atoms with Gasteiger partial charge in [-0.25, -0.2) is 0 Å². The average molecular weight is 462 g/mol. The molecule has 3 N–H and O–H groups in total. The second kappa shape index (κ2) is 10.6. The molecule has 0 spiro atoms. The first-order valence-electron chi connectivity index (χ1n) is 10.2. The summed E-state index contributed by atoms with van der Waals surface area (Å²) < 4.78 is 0.844. The lowest BCUT2D eigenvalue weighted by Gasteiger charge is -2.25. The van der Waals surface area contributed by atoms with Gasteiger partial charge in [0.2, 0.25) is 0 Å². The van der Waals surface area contributed by atoms with Gasteiger partial charge in [-0.05, 0) is 68.3 Å². The lowest BCUT2D eigenvalue weighted by atomic mass is 9.94. The van der Waals surface area contributed by atoms with Gasteiger partial charge in [-0.2, -0.15) is 0 Å². The van der Waals surface area contributed by atoms with Crippen LogP contribution >= 0.6 is 15.9 Å². The smallest absolute Gasteiger partial charge is 0.253 e. The normalized spacial score (nSPS) is 16.2. The summed E-state index contributed by atoms with van der Waals surface area (Å²) in [6.45, 7) is 11.9. The van der Waals surface area contributed by atoms with E-state index in [1.165, 1.54) is 19.3 Å². The van der Waals surface area contributed by atoms with Crippen LogP contribution in [-0.4, -0.2) is 16.9 Å². The molecule has 0 saturated heterocycles. The van der Waals surface area contributed by atoms with E-state index in [-0.39, 0.29) is 18.0 Å². The van der Waals surface area contributed by atoms with Crippen molar-refractivity contribution in [2.24, 2.45) is 0 Å². The summed E-state index contributed by atoms with van der Waals surface area (Å²) in [4.78, 5) is 28.0. The molecule has 1 saturated carbocycles. The van der Waals surface area contributed by atoms with Crippen LogP contribution in [0.4, 0.5) is 0 Å². The molecule has 1 aromatic heterocycles. The molecule has 1 fully saturated rings. The summed E-state index contributed by atoms with van der Waals surface area (Å²) in [5.74, 6) is -0.229. The zero-order valence-corrected chi connectivity index (χ0v) is 19.5. The van der Waals surface area contributed by atoms with Crippen molar-refractivity contribution in [3.8, 4) is 0 Å². The molecular formula is C23H32BrN3O2. The van der Waals surface area contributed by atoms with E-state index < -0.39 is 0 Å². The molecule has 6 heteroatoms. The largest absolute Gasteiger partial charge is 0.383 e. The standard InChI is InChI=1S/C23H32BrN3O2/c1-14-11-16(3)26-23(29)21(14)13-25-22(28)20(12-15(2)24)17(4)18(5)27-19-9-7-6-8-10-19/h11-12,19,27H,5-10,13H2,1-4H3,(H,25,28)(H,26,29)/b15-12+,20-17+. The van der Waals surface area contributed by atoms with Crippen LogP contribution in [0.3, 0.4) is 0 Å². The van der Waals surface area contributed by atoms with E-state index in [1.807, 2.05) is 33.8 Å². The quantitative estimate of drug-likeness (QED) is 0.408. The van der Waals surface area contributed by atoms with E-state index in [4.69, 9.17) is 0 Å². The maximum Gasteiger partial charge on any atom is 0.253 e. The summed E-state index contributed by atoms with van der Waals surface area (Å²) in [7, 11) is 0. The number of halogens is 1. The lowest BCUT2D eigenvalue weighted by molar-refractivity contribution is -0.117. The van der Waals surface area contributed by atoms with E-state index in [0.717, 1.165) is 39.9 Å². The molecule has 29 heavy (non-hydrogen) atoms. The zero-order chi connectivity index (χ0) is 21.6. The Labute approximate surface area is 181 Å². The van der Waals surface area contributed by atoms with E-state index >= 15 is 0 Å². The highest BCUT2D eigenvalue weighted by atomic mass is 79.9. The Hall–Kier alpha value is -2.08. The van der Waals surface area contributed by atoms with Crippen molar-refractivity contribution in [1.29, 1.82) is 0 Å². The molecule has 1 aliphatic rings. The van der Waals surface area contributed by atoms with Crippen molar-refractivity contribution in [3.05, 3.63) is 67.2 Å². The third-order valence-corrected chi connectivity index (χ3v) is 5.58. The molecule has 1 aliphatic carbocycles. The van der Waals surface area contributed by atoms with Gasteiger partial charge in [-0.15, -0.1) is 0 Å². The predicted molar refractivity (Wildman–Crippen MR) is 123 cm³/mol. The van der Waals surface area contributed by atoms with Crippen LogP contribution in [0.5, 0.6) is 0 Å². The number of hydrogen-bond donors (Lipinski definition) is 3. The second-order valence-corrected chi connectivity index (χ2v) is 9.10. The minimum atomic E-state index is -0.229. The van der Waals surface area contributed by atoms with Gasteiger partial charge in [-0.1, -0.05) is 41.8 Å². The first-order valence-corrected chi connectivity index (χ1v) is 11.0. The number of hydrogen-bond acceptors (Lipinski definition) is 3. The predicted octanol–water partition coefficient (Wildman–Crippen LogP) is 4.66. The molecule has 0 aliphatic heterocycles. The van der Waals surface area contributed by atoms with Crippen molar-refractivity contribution < 1.29 is 4.79 Å². The van der Waals surface area contributed by atoms with Crippen molar-refractivity contribution in [3.63, 3.8) is 0 Å². The highest BCUT2D eigenvalue weighted by Crippen LogP contribution is 2.22. The van der Waals surface area contributed by atoms with E-state index in [2.05, 4.69) is 38.1 Å². The number of carbonyl (C=O) groups excluding carboxylic acids is 1. The molecule has 2 rings (SSSR count). The van der Waals surface area contributed by atoms with Gasteiger partial charge in [0.25, 0.3) is 11.5 Å². The molecule has 1 aromatic rings. The van der Waals surface area contributed by atoms with Crippen LogP contribution < -0.4 is 16.2 Å². The fourth-order valence-electron chi connectivity index (χ4n) is 3.67. The number of aryl methyl sites for hydroxylation is 2. The number of allylic oxidation sites excluding steroid dienone is 2. The van der Waals surface area contributed by atoms with Gasteiger partial charge >= 0.3 is 0 Å². The zero-order valence-electron chi connectivity index (χ0n) is 17.9. The van der Waals surface area contributed by atoms with Gasteiger partial charge in [0.15, 0.2) is 0 Å². The Morgan fingerprint density at radius 1 is 1.28 bits per heavy atom. The number of amides is 1. The molecule has 1 heterocycles. The van der Waals surface area contributed by atoms with Gasteiger partial charge in [0.1, 0.15) is 0 Å². The minimum Gasteiger partial charge on any atom is -0.383 e. The van der Waals surface area contributed by atoms with Gasteiger partial charge in [0, 0.05) is 35.1 Å². The molecule has 0 atom stereocenters.